The first-order valence-electron chi connectivity index (χ1n) is 13.4. The van der Waals surface area contributed by atoms with Crippen molar-refractivity contribution in [2.75, 3.05) is 38.9 Å². The summed E-state index contributed by atoms with van der Waals surface area (Å²) < 4.78 is 17.0. The fraction of sp³-hybridized carbons (Fsp3) is 0.273. The van der Waals surface area contributed by atoms with E-state index in [2.05, 4.69) is 13.0 Å². The van der Waals surface area contributed by atoms with Crippen LogP contribution >= 0.6 is 33.2 Å². The summed E-state index contributed by atoms with van der Waals surface area (Å²) in [5.74, 6) is 1.87. The van der Waals surface area contributed by atoms with Crippen LogP contribution in [0.2, 0.25) is 5.02 Å². The second kappa shape index (κ2) is 20.0. The first-order chi connectivity index (χ1) is 20.7. The number of benzene rings is 3. The average molecular weight is 729 g/mol. The Morgan fingerprint density at radius 2 is 1.59 bits per heavy atom. The van der Waals surface area contributed by atoms with Crippen LogP contribution in [0.1, 0.15) is 27.2 Å². The predicted octanol–water partition coefficient (Wildman–Crippen LogP) is 6.84. The van der Waals surface area contributed by atoms with Gasteiger partial charge in [0, 0.05) is 91.6 Å². The average Bonchev–Trinajstić information content (AvgIpc) is 3.27. The number of methoxy groups -OCH3 is 2. The fourth-order valence-corrected chi connectivity index (χ4v) is 6.04. The van der Waals surface area contributed by atoms with Gasteiger partial charge in [0.2, 0.25) is 0 Å². The molecule has 11 heteroatoms. The third-order valence-electron chi connectivity index (χ3n) is 6.23. The zero-order valence-electron chi connectivity index (χ0n) is 25.0. The van der Waals surface area contributed by atoms with Gasteiger partial charge in [0.25, 0.3) is 5.91 Å². The first kappa shape index (κ1) is 37.9. The Hall–Kier alpha value is -2.27. The molecule has 1 radical (unpaired) electrons. The number of fused-ring (bicyclic) bond motifs is 1. The van der Waals surface area contributed by atoms with Crippen molar-refractivity contribution < 1.29 is 61.3 Å². The number of esters is 1. The molecule has 0 unspecified atom stereocenters. The topological polar surface area (TPSA) is 83.8 Å². The van der Waals surface area contributed by atoms with Gasteiger partial charge in [-0.05, 0) is 55.0 Å². The van der Waals surface area contributed by atoms with Gasteiger partial charge in [0.15, 0.2) is 0 Å². The van der Waals surface area contributed by atoms with Crippen molar-refractivity contribution in [2.24, 2.45) is 0 Å². The molecule has 0 N–H and O–H groups in total. The van der Waals surface area contributed by atoms with Gasteiger partial charge in [-0.15, -0.1) is 5.56 Å². The van der Waals surface area contributed by atoms with Gasteiger partial charge in [-0.25, -0.2) is 0 Å². The van der Waals surface area contributed by atoms with E-state index in [-0.39, 0.29) is 56.8 Å². The molecule has 1 heterocycles. The molecule has 3 aromatic carbocycles. The molecule has 0 bridgehead atoms. The van der Waals surface area contributed by atoms with E-state index < -0.39 is 0 Å². The Morgan fingerprint density at radius 3 is 2.20 bits per heavy atom. The number of aromatic nitrogens is 1. The van der Waals surface area contributed by atoms with Crippen molar-refractivity contribution in [3.8, 4) is 5.75 Å². The molecule has 0 aliphatic heterocycles. The second-order valence-electron chi connectivity index (χ2n) is 9.25. The van der Waals surface area contributed by atoms with E-state index in [1.807, 2.05) is 31.2 Å². The summed E-state index contributed by atoms with van der Waals surface area (Å²) in [7, 11) is 6.69. The molecule has 0 spiro atoms. The molecule has 0 amide bonds. The molecule has 7 nitrogen and oxygen atoms in total. The maximum absolute atomic E-state index is 13.0. The number of ketones is 1. The standard InChI is InChI=1S/C20H17ClNO3.C13H17O3S2.Y/c1-12(23)10-17-13(2)22(19-9-8-16(25-3)11-18(17)19)20(24)14-4-6-15(21)7-5-14;1-15-7-9-17-18-10-8-16-13(14)11-12-5-3-2-4-6-12;/h4-9,11H,1,10H2,2-3H3;3-6H,7-11H2,1H3;/q2*-1;. The number of nitrogens with zero attached hydrogens (tertiary/aromatic N) is 1. The zero-order chi connectivity index (χ0) is 31.2. The Balaban J connectivity index is 0.000000317. The monoisotopic (exact) mass is 728 g/mol. The van der Waals surface area contributed by atoms with Crippen LogP contribution in [0, 0.1) is 19.9 Å². The Bertz CT molecular complexity index is 1510. The molecule has 231 valence electrons. The van der Waals surface area contributed by atoms with Crippen LogP contribution in [-0.2, 0) is 64.6 Å². The minimum Gasteiger partial charge on any atom is -0.497 e. The fourth-order valence-electron chi connectivity index (χ4n) is 4.17. The third kappa shape index (κ3) is 11.6. The Morgan fingerprint density at radius 1 is 0.932 bits per heavy atom. The number of halogens is 1. The maximum Gasteiger partial charge on any atom is 0.308 e. The van der Waals surface area contributed by atoms with Crippen LogP contribution in [0.15, 0.2) is 66.7 Å². The van der Waals surface area contributed by atoms with Crippen LogP contribution in [0.3, 0.4) is 0 Å². The summed E-state index contributed by atoms with van der Waals surface area (Å²) in [5.41, 5.74) is 3.72. The number of hydrogen-bond acceptors (Lipinski definition) is 8. The molecule has 44 heavy (non-hydrogen) atoms. The van der Waals surface area contributed by atoms with E-state index in [0.717, 1.165) is 45.8 Å². The van der Waals surface area contributed by atoms with E-state index in [4.69, 9.17) is 25.8 Å². The first-order valence-corrected chi connectivity index (χ1v) is 16.3. The largest absolute Gasteiger partial charge is 0.497 e. The van der Waals surface area contributed by atoms with Crippen molar-refractivity contribution in [2.45, 2.75) is 19.8 Å². The van der Waals surface area contributed by atoms with Crippen LogP contribution < -0.4 is 4.74 Å². The SMILES string of the molecule is COCCSSCCOC(=O)Cc1cc[c-]cc1.[CH2-]C(=O)Cc1c(C)n(C(=O)c2ccc(Cl)cc2)c2ccc(OC)cc12.[Y]. The Kier molecular flexibility index (Phi) is 17.2. The molecule has 0 aliphatic rings. The Labute approximate surface area is 297 Å². The molecule has 0 saturated carbocycles. The van der Waals surface area contributed by atoms with Crippen molar-refractivity contribution in [1.29, 1.82) is 0 Å². The van der Waals surface area contributed by atoms with Gasteiger partial charge in [0.1, 0.15) is 12.4 Å². The van der Waals surface area contributed by atoms with Gasteiger partial charge in [-0.3, -0.25) is 14.2 Å². The molecule has 4 aromatic rings. The third-order valence-corrected chi connectivity index (χ3v) is 8.81. The molecule has 0 atom stereocenters. The minimum atomic E-state index is -0.205. The van der Waals surface area contributed by atoms with E-state index in [0.29, 0.717) is 29.4 Å². The molecule has 0 aliphatic carbocycles. The summed E-state index contributed by atoms with van der Waals surface area (Å²) in [6, 6.07) is 22.4. The molecule has 4 rings (SSSR count). The molecular weight excluding hydrogens is 695 g/mol. The van der Waals surface area contributed by atoms with Crippen molar-refractivity contribution >= 4 is 61.8 Å². The number of carbonyl (C=O) groups excluding carboxylic acids is 3. The zero-order valence-corrected chi connectivity index (χ0v) is 30.2. The van der Waals surface area contributed by atoms with E-state index in [1.165, 1.54) is 0 Å². The van der Waals surface area contributed by atoms with Crippen molar-refractivity contribution in [3.63, 3.8) is 0 Å². The summed E-state index contributed by atoms with van der Waals surface area (Å²) in [6.07, 6.45) is 0.493. The van der Waals surface area contributed by atoms with Gasteiger partial charge in [-0.2, -0.15) is 30.3 Å². The number of Topliss-reactive ketones (excluding diaryl/α,β-unsaturated/α-hetero) is 1. The van der Waals surface area contributed by atoms with Crippen molar-refractivity contribution in [3.05, 3.63) is 107 Å². The number of ether oxygens (including phenoxy) is 3. The number of rotatable bonds is 13. The van der Waals surface area contributed by atoms with Gasteiger partial charge < -0.3 is 25.9 Å². The summed E-state index contributed by atoms with van der Waals surface area (Å²) >= 11 is 5.91. The molecule has 0 saturated heterocycles. The van der Waals surface area contributed by atoms with Crippen molar-refractivity contribution in [1.82, 2.24) is 4.57 Å². The smallest absolute Gasteiger partial charge is 0.308 e. The minimum absolute atomic E-state index is 0. The van der Waals surface area contributed by atoms with Crippen LogP contribution in [0.4, 0.5) is 0 Å². The predicted molar refractivity (Wildman–Crippen MR) is 175 cm³/mol. The van der Waals surface area contributed by atoms with E-state index >= 15 is 0 Å². The quantitative estimate of drug-likeness (QED) is 0.0641. The summed E-state index contributed by atoms with van der Waals surface area (Å²) in [5, 5.41) is 1.38. The molecule has 0 fully saturated rings. The number of hydrogen-bond donors (Lipinski definition) is 0. The van der Waals surface area contributed by atoms with E-state index in [1.54, 1.807) is 82.8 Å². The second-order valence-corrected chi connectivity index (χ2v) is 12.4. The van der Waals surface area contributed by atoms with Gasteiger partial charge in [0.05, 0.1) is 19.2 Å². The summed E-state index contributed by atoms with van der Waals surface area (Å²) in [4.78, 5) is 36.1. The van der Waals surface area contributed by atoms with Crippen LogP contribution in [-0.4, -0.2) is 61.2 Å². The molecular formula is C33H34ClNO6S2Y-2. The number of carbonyl (C=O) groups is 3. The van der Waals surface area contributed by atoms with Crippen LogP contribution in [0.5, 0.6) is 5.75 Å². The van der Waals surface area contributed by atoms with Gasteiger partial charge in [-0.1, -0.05) is 33.2 Å². The van der Waals surface area contributed by atoms with Gasteiger partial charge >= 0.3 is 5.97 Å². The molecule has 1 aromatic heterocycles. The normalized spacial score (nSPS) is 10.4. The van der Waals surface area contributed by atoms with Crippen LogP contribution in [0.25, 0.3) is 10.9 Å². The van der Waals surface area contributed by atoms with E-state index in [9.17, 15) is 14.4 Å². The summed E-state index contributed by atoms with van der Waals surface area (Å²) in [6.45, 7) is 6.51. The maximum atomic E-state index is 13.0.